The fourth-order valence-corrected chi connectivity index (χ4v) is 1.55. The molecule has 1 aromatic heterocycles. The average molecular weight is 279 g/mol. The monoisotopic (exact) mass is 279 g/mol. The number of aromatic nitrogens is 3. The number of carbonyl (C=O) groups is 1. The van der Waals surface area contributed by atoms with E-state index in [0.29, 0.717) is 18.8 Å². The minimum atomic E-state index is -0.517. The summed E-state index contributed by atoms with van der Waals surface area (Å²) in [4.78, 5) is 15.2. The topological polar surface area (TPSA) is 95.1 Å². The van der Waals surface area contributed by atoms with Crippen LogP contribution < -0.4 is 11.1 Å². The van der Waals surface area contributed by atoms with Gasteiger partial charge in [-0.05, 0) is 18.2 Å². The second kappa shape index (κ2) is 6.73. The third-order valence-electron chi connectivity index (χ3n) is 2.39. The zero-order valence-electron chi connectivity index (χ0n) is 10.6. The Morgan fingerprint density at radius 2 is 2.35 bits per heavy atom. The van der Waals surface area contributed by atoms with Gasteiger partial charge in [0.2, 0.25) is 5.91 Å². The van der Waals surface area contributed by atoms with Crippen LogP contribution in [0.5, 0.6) is 0 Å². The van der Waals surface area contributed by atoms with Gasteiger partial charge in [-0.2, -0.15) is 5.10 Å². The smallest absolute Gasteiger partial charge is 0.250 e. The molecular weight excluding hydrogens is 265 g/mol. The summed E-state index contributed by atoms with van der Waals surface area (Å²) in [7, 11) is 0. The van der Waals surface area contributed by atoms with Crippen LogP contribution in [0.4, 0.5) is 10.1 Å². The van der Waals surface area contributed by atoms with Crippen LogP contribution in [0, 0.1) is 5.82 Å². The lowest BCUT2D eigenvalue weighted by Crippen LogP contribution is -2.20. The molecule has 0 atom stereocenters. The van der Waals surface area contributed by atoms with E-state index >= 15 is 0 Å². The summed E-state index contributed by atoms with van der Waals surface area (Å²) in [6, 6.07) is 4.28. The maximum atomic E-state index is 13.9. The molecule has 1 heterocycles. The lowest BCUT2D eigenvalue weighted by atomic mass is 10.2. The van der Waals surface area contributed by atoms with Gasteiger partial charge in [-0.1, -0.05) is 0 Å². The molecule has 0 unspecified atom stereocenters. The molecule has 0 aliphatic carbocycles. The molecule has 0 spiro atoms. The summed E-state index contributed by atoms with van der Waals surface area (Å²) in [5, 5.41) is 6.36. The highest BCUT2D eigenvalue weighted by Gasteiger charge is 2.08. The van der Waals surface area contributed by atoms with Gasteiger partial charge in [0, 0.05) is 12.2 Å². The predicted octanol–water partition coefficient (Wildman–Crippen LogP) is 0.320. The maximum Gasteiger partial charge on any atom is 0.250 e. The van der Waals surface area contributed by atoms with Crippen molar-refractivity contribution >= 4 is 11.6 Å². The van der Waals surface area contributed by atoms with Gasteiger partial charge in [0.1, 0.15) is 24.9 Å². The summed E-state index contributed by atoms with van der Waals surface area (Å²) in [5.74, 6) is -0.887. The molecule has 0 radical (unpaired) electrons. The van der Waals surface area contributed by atoms with Gasteiger partial charge >= 0.3 is 0 Å². The third kappa shape index (κ3) is 3.59. The van der Waals surface area contributed by atoms with Crippen molar-refractivity contribution in [3.8, 4) is 5.69 Å². The molecule has 0 saturated heterocycles. The maximum absolute atomic E-state index is 13.9. The number of rotatable bonds is 6. The first kappa shape index (κ1) is 14.1. The van der Waals surface area contributed by atoms with Gasteiger partial charge in [0.05, 0.1) is 6.61 Å². The van der Waals surface area contributed by atoms with Gasteiger partial charge < -0.3 is 15.8 Å². The van der Waals surface area contributed by atoms with Crippen molar-refractivity contribution in [1.82, 2.24) is 14.8 Å². The van der Waals surface area contributed by atoms with Crippen LogP contribution in [0.15, 0.2) is 30.9 Å². The molecule has 20 heavy (non-hydrogen) atoms. The van der Waals surface area contributed by atoms with Crippen LogP contribution in [0.3, 0.4) is 0 Å². The van der Waals surface area contributed by atoms with Crippen LogP contribution in [-0.4, -0.2) is 40.4 Å². The molecule has 0 bridgehead atoms. The Hall–Kier alpha value is -2.32. The van der Waals surface area contributed by atoms with Gasteiger partial charge in [-0.3, -0.25) is 4.79 Å². The number of hydrogen-bond donors (Lipinski definition) is 2. The van der Waals surface area contributed by atoms with E-state index in [1.54, 1.807) is 6.07 Å². The summed E-state index contributed by atoms with van der Waals surface area (Å²) >= 11 is 0. The normalized spacial score (nSPS) is 10.5. The highest BCUT2D eigenvalue weighted by Crippen LogP contribution is 2.17. The van der Waals surface area contributed by atoms with E-state index in [-0.39, 0.29) is 18.2 Å². The number of benzene rings is 1. The first-order valence-electron chi connectivity index (χ1n) is 5.93. The van der Waals surface area contributed by atoms with Crippen molar-refractivity contribution < 1.29 is 13.9 Å². The van der Waals surface area contributed by atoms with Crippen molar-refractivity contribution in [2.24, 2.45) is 5.73 Å². The molecule has 106 valence electrons. The summed E-state index contributed by atoms with van der Waals surface area (Å²) in [6.45, 7) is 0.519. The number of nitrogens with zero attached hydrogens (tertiary/aromatic N) is 3. The summed E-state index contributed by atoms with van der Waals surface area (Å²) < 4.78 is 20.2. The van der Waals surface area contributed by atoms with E-state index in [9.17, 15) is 9.18 Å². The number of carbonyl (C=O) groups excluding carboxylic acids is 1. The molecule has 1 amide bonds. The summed E-state index contributed by atoms with van der Waals surface area (Å²) in [5.41, 5.74) is 5.82. The third-order valence-corrected chi connectivity index (χ3v) is 2.39. The van der Waals surface area contributed by atoms with E-state index in [2.05, 4.69) is 15.4 Å². The molecule has 3 N–H and O–H groups in total. The fourth-order valence-electron chi connectivity index (χ4n) is 1.55. The second-order valence-corrected chi connectivity index (χ2v) is 3.90. The molecule has 7 nitrogen and oxygen atoms in total. The molecule has 0 aliphatic heterocycles. The first-order chi connectivity index (χ1) is 9.70. The highest BCUT2D eigenvalue weighted by molar-refractivity contribution is 5.91. The summed E-state index contributed by atoms with van der Waals surface area (Å²) in [6.07, 6.45) is 2.70. The van der Waals surface area contributed by atoms with Crippen molar-refractivity contribution in [3.63, 3.8) is 0 Å². The molecule has 8 heteroatoms. The number of hydrogen-bond acceptors (Lipinski definition) is 5. The van der Waals surface area contributed by atoms with Gasteiger partial charge in [0.25, 0.3) is 0 Å². The lowest BCUT2D eigenvalue weighted by molar-refractivity contribution is -0.120. The molecular formula is C12H14FN5O2. The Morgan fingerprint density at radius 1 is 1.50 bits per heavy atom. The quantitative estimate of drug-likeness (QED) is 0.742. The van der Waals surface area contributed by atoms with Gasteiger partial charge in [-0.25, -0.2) is 14.1 Å². The van der Waals surface area contributed by atoms with E-state index in [4.69, 9.17) is 10.5 Å². The Bertz CT molecular complexity index is 573. The molecule has 0 fully saturated rings. The number of nitrogens with two attached hydrogens (primary N) is 1. The van der Waals surface area contributed by atoms with Crippen LogP contribution in [0.1, 0.15) is 0 Å². The van der Waals surface area contributed by atoms with Crippen LogP contribution in [-0.2, 0) is 9.53 Å². The van der Waals surface area contributed by atoms with Crippen LogP contribution in [0.2, 0.25) is 0 Å². The number of anilines is 1. The van der Waals surface area contributed by atoms with E-state index in [1.165, 1.54) is 29.5 Å². The first-order valence-corrected chi connectivity index (χ1v) is 5.93. The highest BCUT2D eigenvalue weighted by atomic mass is 19.1. The van der Waals surface area contributed by atoms with E-state index < -0.39 is 5.82 Å². The number of halogens is 1. The van der Waals surface area contributed by atoms with Crippen molar-refractivity contribution in [3.05, 3.63) is 36.7 Å². The average Bonchev–Trinajstić information content (AvgIpc) is 2.93. The Labute approximate surface area is 114 Å². The predicted molar refractivity (Wildman–Crippen MR) is 69.8 cm³/mol. The zero-order chi connectivity index (χ0) is 14.4. The number of nitrogens with one attached hydrogen (secondary N) is 1. The molecule has 0 aliphatic rings. The van der Waals surface area contributed by atoms with Gasteiger partial charge in [-0.15, -0.1) is 0 Å². The zero-order valence-corrected chi connectivity index (χ0v) is 10.6. The largest absolute Gasteiger partial charge is 0.370 e. The molecule has 0 saturated carbocycles. The molecule has 1 aromatic carbocycles. The van der Waals surface area contributed by atoms with E-state index in [1.807, 2.05) is 0 Å². The fraction of sp³-hybridized carbons (Fsp3) is 0.250. The molecule has 2 aromatic rings. The Balaban J connectivity index is 2.00. The Kier molecular flexibility index (Phi) is 4.75. The minimum absolute atomic E-state index is 0.121. The van der Waals surface area contributed by atoms with Crippen LogP contribution in [0.25, 0.3) is 5.69 Å². The van der Waals surface area contributed by atoms with E-state index in [0.717, 1.165) is 0 Å². The van der Waals surface area contributed by atoms with Gasteiger partial charge in [0.15, 0.2) is 5.82 Å². The SMILES string of the molecule is NCCOCC(=O)Nc1ccc(-n2cncn2)c(F)c1. The second-order valence-electron chi connectivity index (χ2n) is 3.90. The standard InChI is InChI=1S/C12H14FN5O2/c13-10-5-9(17-12(19)6-20-4-3-14)1-2-11(10)18-8-15-7-16-18/h1-2,5,7-8H,3-4,6,14H2,(H,17,19). The van der Waals surface area contributed by atoms with Crippen molar-refractivity contribution in [2.75, 3.05) is 25.1 Å². The number of ether oxygens (including phenoxy) is 1. The van der Waals surface area contributed by atoms with Crippen molar-refractivity contribution in [1.29, 1.82) is 0 Å². The Morgan fingerprint density at radius 3 is 3.00 bits per heavy atom. The number of amides is 1. The van der Waals surface area contributed by atoms with Crippen LogP contribution >= 0.6 is 0 Å². The molecule has 2 rings (SSSR count). The minimum Gasteiger partial charge on any atom is -0.370 e. The lowest BCUT2D eigenvalue weighted by Gasteiger charge is -2.08. The van der Waals surface area contributed by atoms with Crippen molar-refractivity contribution in [2.45, 2.75) is 0 Å².